The average molecular weight is 260 g/mol. The van der Waals surface area contributed by atoms with Gasteiger partial charge in [-0.1, -0.05) is 0 Å². The van der Waals surface area contributed by atoms with Gasteiger partial charge < -0.3 is 10.2 Å². The minimum Gasteiger partial charge on any atom is -0.316 e. The Kier molecular flexibility index (Phi) is 4.09. The zero-order valence-corrected chi connectivity index (χ0v) is 11.8. The maximum absolute atomic E-state index is 4.82. The molecule has 4 nitrogen and oxygen atoms in total. The number of piperidine rings is 1. The Morgan fingerprint density at radius 3 is 3.11 bits per heavy atom. The first kappa shape index (κ1) is 13.0. The van der Waals surface area contributed by atoms with Crippen LogP contribution in [0.1, 0.15) is 36.7 Å². The Hall–Kier alpha value is -1.00. The van der Waals surface area contributed by atoms with E-state index < -0.39 is 0 Å². The van der Waals surface area contributed by atoms with Crippen molar-refractivity contribution >= 4 is 0 Å². The predicted molar refractivity (Wildman–Crippen MR) is 76.2 cm³/mol. The lowest BCUT2D eigenvalue weighted by atomic mass is 9.95. The van der Waals surface area contributed by atoms with E-state index in [1.807, 2.05) is 6.20 Å². The van der Waals surface area contributed by atoms with Crippen LogP contribution in [-0.4, -0.2) is 48.1 Å². The van der Waals surface area contributed by atoms with Crippen molar-refractivity contribution in [3.63, 3.8) is 0 Å². The second-order valence-corrected chi connectivity index (χ2v) is 6.06. The predicted octanol–water partition coefficient (Wildman–Crippen LogP) is 1.44. The number of nitrogens with zero attached hydrogens (tertiary/aromatic N) is 3. The molecule has 3 heterocycles. The molecule has 0 bridgehead atoms. The highest BCUT2D eigenvalue weighted by atomic mass is 15.1. The van der Waals surface area contributed by atoms with Crippen LogP contribution >= 0.6 is 0 Å². The van der Waals surface area contributed by atoms with Gasteiger partial charge in [-0.3, -0.25) is 0 Å². The molecule has 2 unspecified atom stereocenters. The summed E-state index contributed by atoms with van der Waals surface area (Å²) in [5.74, 6) is 2.37. The SMILES string of the molecule is CN1CCC(c2ccnc(CC3CCCNC3)n2)C1. The molecule has 3 rings (SSSR count). The van der Waals surface area contributed by atoms with Crippen molar-refractivity contribution in [1.29, 1.82) is 0 Å². The van der Waals surface area contributed by atoms with E-state index in [9.17, 15) is 0 Å². The van der Waals surface area contributed by atoms with Crippen LogP contribution in [0.3, 0.4) is 0 Å². The van der Waals surface area contributed by atoms with Crippen LogP contribution in [0.25, 0.3) is 0 Å². The van der Waals surface area contributed by atoms with Gasteiger partial charge in [0.15, 0.2) is 0 Å². The van der Waals surface area contributed by atoms with E-state index >= 15 is 0 Å². The number of hydrogen-bond acceptors (Lipinski definition) is 4. The van der Waals surface area contributed by atoms with Crippen LogP contribution in [0.5, 0.6) is 0 Å². The minimum absolute atomic E-state index is 0.608. The lowest BCUT2D eigenvalue weighted by Crippen LogP contribution is -2.31. The molecular weight excluding hydrogens is 236 g/mol. The quantitative estimate of drug-likeness (QED) is 0.893. The van der Waals surface area contributed by atoms with Gasteiger partial charge in [-0.15, -0.1) is 0 Å². The highest BCUT2D eigenvalue weighted by Gasteiger charge is 2.23. The van der Waals surface area contributed by atoms with Gasteiger partial charge in [0.05, 0.1) is 0 Å². The summed E-state index contributed by atoms with van der Waals surface area (Å²) < 4.78 is 0. The number of aromatic nitrogens is 2. The molecule has 2 fully saturated rings. The highest BCUT2D eigenvalue weighted by Crippen LogP contribution is 2.24. The van der Waals surface area contributed by atoms with Crippen molar-refractivity contribution in [3.8, 4) is 0 Å². The van der Waals surface area contributed by atoms with Gasteiger partial charge >= 0.3 is 0 Å². The molecule has 0 aromatic carbocycles. The molecule has 0 spiro atoms. The van der Waals surface area contributed by atoms with Crippen LogP contribution in [0.4, 0.5) is 0 Å². The third-order valence-electron chi connectivity index (χ3n) is 4.41. The summed E-state index contributed by atoms with van der Waals surface area (Å²) >= 11 is 0. The molecule has 2 saturated heterocycles. The maximum atomic E-state index is 4.82. The number of likely N-dealkylation sites (N-methyl/N-ethyl adjacent to an activating group) is 1. The fraction of sp³-hybridized carbons (Fsp3) is 0.733. The van der Waals surface area contributed by atoms with Crippen LogP contribution in [0, 0.1) is 5.92 Å². The molecule has 0 amide bonds. The molecule has 2 aliphatic heterocycles. The van der Waals surface area contributed by atoms with Crippen molar-refractivity contribution in [1.82, 2.24) is 20.2 Å². The van der Waals surface area contributed by atoms with Gasteiger partial charge in [-0.25, -0.2) is 9.97 Å². The van der Waals surface area contributed by atoms with Gasteiger partial charge in [0.1, 0.15) is 5.82 Å². The topological polar surface area (TPSA) is 41.1 Å². The molecule has 0 radical (unpaired) electrons. The Morgan fingerprint density at radius 1 is 1.42 bits per heavy atom. The summed E-state index contributed by atoms with van der Waals surface area (Å²) in [5, 5.41) is 3.47. The highest BCUT2D eigenvalue weighted by molar-refractivity contribution is 5.11. The number of hydrogen-bond donors (Lipinski definition) is 1. The monoisotopic (exact) mass is 260 g/mol. The first-order chi connectivity index (χ1) is 9.31. The molecule has 4 heteroatoms. The molecule has 0 aliphatic carbocycles. The summed E-state index contributed by atoms with van der Waals surface area (Å²) in [6.07, 6.45) is 6.82. The first-order valence-electron chi connectivity index (χ1n) is 7.52. The van der Waals surface area contributed by atoms with Gasteiger partial charge in [0.2, 0.25) is 0 Å². The largest absolute Gasteiger partial charge is 0.316 e. The number of likely N-dealkylation sites (tertiary alicyclic amines) is 1. The molecule has 19 heavy (non-hydrogen) atoms. The molecule has 2 aliphatic rings. The maximum Gasteiger partial charge on any atom is 0.128 e. The van der Waals surface area contributed by atoms with E-state index in [4.69, 9.17) is 4.98 Å². The van der Waals surface area contributed by atoms with Crippen LogP contribution in [0.15, 0.2) is 12.3 Å². The third-order valence-corrected chi connectivity index (χ3v) is 4.41. The second-order valence-electron chi connectivity index (χ2n) is 6.06. The molecule has 1 aromatic heterocycles. The Bertz CT molecular complexity index is 414. The summed E-state index contributed by atoms with van der Waals surface area (Å²) in [7, 11) is 2.19. The van der Waals surface area contributed by atoms with Crippen molar-refractivity contribution in [3.05, 3.63) is 23.8 Å². The summed E-state index contributed by atoms with van der Waals surface area (Å²) in [5.41, 5.74) is 1.25. The van der Waals surface area contributed by atoms with E-state index in [0.29, 0.717) is 5.92 Å². The van der Waals surface area contributed by atoms with E-state index in [1.165, 1.54) is 38.0 Å². The first-order valence-corrected chi connectivity index (χ1v) is 7.52. The number of rotatable bonds is 3. The Morgan fingerprint density at radius 2 is 2.37 bits per heavy atom. The minimum atomic E-state index is 0.608. The smallest absolute Gasteiger partial charge is 0.128 e. The van der Waals surface area contributed by atoms with Crippen molar-refractivity contribution < 1.29 is 0 Å². The summed E-state index contributed by atoms with van der Waals surface area (Å²) in [6, 6.07) is 2.10. The van der Waals surface area contributed by atoms with Crippen LogP contribution < -0.4 is 5.32 Å². The van der Waals surface area contributed by atoms with Gasteiger partial charge in [0, 0.05) is 30.8 Å². The Labute approximate surface area is 115 Å². The Balaban J connectivity index is 1.65. The average Bonchev–Trinajstić information content (AvgIpc) is 2.87. The zero-order chi connectivity index (χ0) is 13.1. The lowest BCUT2D eigenvalue weighted by Gasteiger charge is -2.22. The van der Waals surface area contributed by atoms with Crippen LogP contribution in [0.2, 0.25) is 0 Å². The van der Waals surface area contributed by atoms with E-state index in [2.05, 4.69) is 28.3 Å². The van der Waals surface area contributed by atoms with Gasteiger partial charge in [-0.2, -0.15) is 0 Å². The molecule has 0 saturated carbocycles. The number of nitrogens with one attached hydrogen (secondary N) is 1. The summed E-state index contributed by atoms with van der Waals surface area (Å²) in [4.78, 5) is 11.7. The van der Waals surface area contributed by atoms with E-state index in [-0.39, 0.29) is 0 Å². The summed E-state index contributed by atoms with van der Waals surface area (Å²) in [6.45, 7) is 4.63. The van der Waals surface area contributed by atoms with Crippen LogP contribution in [-0.2, 0) is 6.42 Å². The fourth-order valence-corrected chi connectivity index (χ4v) is 3.27. The van der Waals surface area contributed by atoms with E-state index in [0.717, 1.165) is 31.3 Å². The fourth-order valence-electron chi connectivity index (χ4n) is 3.27. The lowest BCUT2D eigenvalue weighted by molar-refractivity contribution is 0.370. The van der Waals surface area contributed by atoms with Gasteiger partial charge in [-0.05, 0) is 57.9 Å². The van der Waals surface area contributed by atoms with E-state index in [1.54, 1.807) is 0 Å². The molecular formula is C15H24N4. The zero-order valence-electron chi connectivity index (χ0n) is 11.8. The molecule has 1 aromatic rings. The molecule has 104 valence electrons. The van der Waals surface area contributed by atoms with Crippen molar-refractivity contribution in [2.75, 3.05) is 33.2 Å². The standard InChI is InChI=1S/C15H24N4/c1-19-8-5-13(11-19)14-4-7-17-15(18-14)9-12-3-2-6-16-10-12/h4,7,12-13,16H,2-3,5-6,8-11H2,1H3. The third kappa shape index (κ3) is 3.31. The van der Waals surface area contributed by atoms with Crippen molar-refractivity contribution in [2.24, 2.45) is 5.92 Å². The molecule has 2 atom stereocenters. The molecule has 1 N–H and O–H groups in total. The normalized spacial score (nSPS) is 28.7. The van der Waals surface area contributed by atoms with Gasteiger partial charge in [0.25, 0.3) is 0 Å². The second kappa shape index (κ2) is 5.97. The van der Waals surface area contributed by atoms with Crippen molar-refractivity contribution in [2.45, 2.75) is 31.6 Å².